The molecule has 0 radical (unpaired) electrons. The minimum Gasteiger partial charge on any atom is -0.442 e. The number of ether oxygens (including phenoxy) is 1. The Morgan fingerprint density at radius 1 is 1.25 bits per heavy atom. The third-order valence-electron chi connectivity index (χ3n) is 5.15. The number of aromatic nitrogens is 3. The number of amides is 1. The summed E-state index contributed by atoms with van der Waals surface area (Å²) in [6.07, 6.45) is 3.12. The Bertz CT molecular complexity index is 1150. The molecule has 0 saturated carbocycles. The van der Waals surface area contributed by atoms with Crippen LogP contribution in [0.5, 0.6) is 0 Å². The van der Waals surface area contributed by atoms with E-state index >= 15 is 0 Å². The maximum Gasteiger partial charge on any atom is 0.511 e. The average molecular weight is 475 g/mol. The van der Waals surface area contributed by atoms with Crippen molar-refractivity contribution in [1.29, 1.82) is 0 Å². The van der Waals surface area contributed by atoms with Crippen molar-refractivity contribution in [3.05, 3.63) is 48.0 Å². The molecule has 32 heavy (non-hydrogen) atoms. The van der Waals surface area contributed by atoms with E-state index in [0.717, 1.165) is 6.07 Å². The van der Waals surface area contributed by atoms with Crippen molar-refractivity contribution < 1.29 is 35.5 Å². The molecule has 14 heteroatoms. The van der Waals surface area contributed by atoms with Gasteiger partial charge in [-0.2, -0.15) is 17.5 Å². The van der Waals surface area contributed by atoms with Crippen LogP contribution in [0.2, 0.25) is 0 Å². The van der Waals surface area contributed by atoms with E-state index in [4.69, 9.17) is 4.74 Å². The van der Waals surface area contributed by atoms with Gasteiger partial charge in [-0.1, -0.05) is 11.3 Å². The second-order valence-electron chi connectivity index (χ2n) is 7.19. The lowest BCUT2D eigenvalue weighted by Gasteiger charge is -2.26. The summed E-state index contributed by atoms with van der Waals surface area (Å²) in [7, 11) is -5.44. The number of rotatable bonds is 5. The van der Waals surface area contributed by atoms with Crippen molar-refractivity contribution >= 4 is 27.4 Å². The fourth-order valence-corrected chi connectivity index (χ4v) is 4.45. The SMILES string of the molecule is O=C1O[C@@H](Cn2ccnn2)CN1c1ccc(C2=CCN(S(=O)(=O)C(F)(F)F)CC2)c(F)c1. The molecule has 9 nitrogen and oxygen atoms in total. The Morgan fingerprint density at radius 3 is 2.62 bits per heavy atom. The summed E-state index contributed by atoms with van der Waals surface area (Å²) in [6.45, 7) is -0.477. The molecular formula is C18H17F4N5O4S. The monoisotopic (exact) mass is 475 g/mol. The second kappa shape index (κ2) is 8.16. The molecule has 0 bridgehead atoms. The van der Waals surface area contributed by atoms with Crippen LogP contribution >= 0.6 is 0 Å². The maximum atomic E-state index is 14.8. The summed E-state index contributed by atoms with van der Waals surface area (Å²) in [6, 6.07) is 4.04. The first-order chi connectivity index (χ1) is 15.1. The predicted molar refractivity (Wildman–Crippen MR) is 103 cm³/mol. The van der Waals surface area contributed by atoms with Crippen LogP contribution in [0, 0.1) is 5.82 Å². The van der Waals surface area contributed by atoms with Crippen LogP contribution < -0.4 is 4.90 Å². The normalized spacial score (nSPS) is 20.4. The molecule has 2 aromatic rings. The topological polar surface area (TPSA) is 97.6 Å². The summed E-state index contributed by atoms with van der Waals surface area (Å²) < 4.78 is 83.0. The molecule has 4 rings (SSSR count). The van der Waals surface area contributed by atoms with E-state index in [1.165, 1.54) is 34.0 Å². The van der Waals surface area contributed by atoms with Gasteiger partial charge in [0.05, 0.1) is 25.0 Å². The van der Waals surface area contributed by atoms with Gasteiger partial charge < -0.3 is 4.74 Å². The fraction of sp³-hybridized carbons (Fsp3) is 0.389. The number of sulfonamides is 1. The lowest BCUT2D eigenvalue weighted by Crippen LogP contribution is -2.42. The van der Waals surface area contributed by atoms with Gasteiger partial charge in [0.15, 0.2) is 0 Å². The lowest BCUT2D eigenvalue weighted by molar-refractivity contribution is -0.0486. The van der Waals surface area contributed by atoms with Gasteiger partial charge in [-0.05, 0) is 30.2 Å². The van der Waals surface area contributed by atoms with E-state index < -0.39 is 46.6 Å². The van der Waals surface area contributed by atoms with Gasteiger partial charge in [0.25, 0.3) is 0 Å². The van der Waals surface area contributed by atoms with E-state index in [1.54, 1.807) is 6.20 Å². The molecule has 0 unspecified atom stereocenters. The summed E-state index contributed by atoms with van der Waals surface area (Å²) in [4.78, 5) is 13.5. The third-order valence-corrected chi connectivity index (χ3v) is 6.75. The minimum atomic E-state index is -5.44. The molecule has 0 N–H and O–H groups in total. The molecule has 0 spiro atoms. The lowest BCUT2D eigenvalue weighted by atomic mass is 9.99. The number of hydrogen-bond donors (Lipinski definition) is 0. The van der Waals surface area contributed by atoms with Crippen LogP contribution in [-0.4, -0.2) is 65.1 Å². The van der Waals surface area contributed by atoms with E-state index in [1.807, 2.05) is 0 Å². The highest BCUT2D eigenvalue weighted by atomic mass is 32.2. The maximum absolute atomic E-state index is 14.8. The Morgan fingerprint density at radius 2 is 2.03 bits per heavy atom. The quantitative estimate of drug-likeness (QED) is 0.616. The zero-order valence-electron chi connectivity index (χ0n) is 16.4. The highest BCUT2D eigenvalue weighted by Gasteiger charge is 2.50. The van der Waals surface area contributed by atoms with Crippen LogP contribution in [0.1, 0.15) is 12.0 Å². The first-order valence-corrected chi connectivity index (χ1v) is 10.9. The number of cyclic esters (lactones) is 1. The Kier molecular flexibility index (Phi) is 5.67. The van der Waals surface area contributed by atoms with Gasteiger partial charge in [0.1, 0.15) is 11.9 Å². The predicted octanol–water partition coefficient (Wildman–Crippen LogP) is 2.38. The second-order valence-corrected chi connectivity index (χ2v) is 9.12. The van der Waals surface area contributed by atoms with Gasteiger partial charge in [-0.25, -0.2) is 22.3 Å². The molecule has 172 valence electrons. The number of benzene rings is 1. The number of carbonyl (C=O) groups is 1. The number of carbonyl (C=O) groups excluding carboxylic acids is 1. The molecule has 1 atom stereocenters. The van der Waals surface area contributed by atoms with Crippen LogP contribution in [0.3, 0.4) is 0 Å². The Hall–Kier alpha value is -3.00. The highest BCUT2D eigenvalue weighted by Crippen LogP contribution is 2.33. The molecule has 0 aliphatic carbocycles. The number of hydrogen-bond acceptors (Lipinski definition) is 6. The number of nitrogens with zero attached hydrogens (tertiary/aromatic N) is 5. The molecule has 2 aliphatic rings. The highest BCUT2D eigenvalue weighted by molar-refractivity contribution is 7.90. The van der Waals surface area contributed by atoms with Crippen molar-refractivity contribution in [3.63, 3.8) is 0 Å². The van der Waals surface area contributed by atoms with Crippen LogP contribution in [0.25, 0.3) is 5.57 Å². The molecular weight excluding hydrogens is 458 g/mol. The number of halogens is 4. The Labute approximate surface area is 179 Å². The van der Waals surface area contributed by atoms with Gasteiger partial charge >= 0.3 is 21.6 Å². The first kappa shape index (κ1) is 22.2. The van der Waals surface area contributed by atoms with Gasteiger partial charge in [-0.3, -0.25) is 4.90 Å². The zero-order valence-corrected chi connectivity index (χ0v) is 17.2. The van der Waals surface area contributed by atoms with E-state index in [0.29, 0.717) is 9.88 Å². The summed E-state index contributed by atoms with van der Waals surface area (Å²) >= 11 is 0. The zero-order chi connectivity index (χ0) is 23.1. The van der Waals surface area contributed by atoms with Crippen molar-refractivity contribution in [1.82, 2.24) is 19.3 Å². The largest absolute Gasteiger partial charge is 0.511 e. The molecule has 1 aromatic heterocycles. The van der Waals surface area contributed by atoms with Crippen molar-refractivity contribution in [2.75, 3.05) is 24.5 Å². The van der Waals surface area contributed by atoms with E-state index in [2.05, 4.69) is 10.3 Å². The molecule has 2 aliphatic heterocycles. The summed E-state index contributed by atoms with van der Waals surface area (Å²) in [5, 5.41) is 7.47. The van der Waals surface area contributed by atoms with Crippen LogP contribution in [0.15, 0.2) is 36.7 Å². The fourth-order valence-electron chi connectivity index (χ4n) is 3.56. The van der Waals surface area contributed by atoms with Crippen molar-refractivity contribution in [2.45, 2.75) is 24.6 Å². The molecule has 1 aromatic carbocycles. The summed E-state index contributed by atoms with van der Waals surface area (Å²) in [5.41, 5.74) is -4.61. The van der Waals surface area contributed by atoms with Gasteiger partial charge in [0.2, 0.25) is 0 Å². The van der Waals surface area contributed by atoms with Crippen LogP contribution in [-0.2, 0) is 21.3 Å². The van der Waals surface area contributed by atoms with Gasteiger partial charge in [0, 0.05) is 24.8 Å². The third kappa shape index (κ3) is 4.19. The van der Waals surface area contributed by atoms with Crippen LogP contribution in [0.4, 0.5) is 28.0 Å². The number of anilines is 1. The van der Waals surface area contributed by atoms with Gasteiger partial charge in [-0.15, -0.1) is 5.10 Å². The molecule has 1 saturated heterocycles. The first-order valence-electron chi connectivity index (χ1n) is 9.44. The average Bonchev–Trinajstić information content (AvgIpc) is 3.37. The van der Waals surface area contributed by atoms with E-state index in [9.17, 15) is 30.8 Å². The standard InChI is InChI=1S/C18H17F4N5O4S/c19-16-9-13(27-11-14(31-17(27)28)10-25-8-5-23-24-25)1-2-15(16)12-3-6-26(7-4-12)32(29,30)18(20,21)22/h1-3,5,8-9,14H,4,6-7,10-11H2/t14-/m0/s1. The molecule has 3 heterocycles. The molecule has 1 fully saturated rings. The van der Waals surface area contributed by atoms with Crippen molar-refractivity contribution in [3.8, 4) is 0 Å². The summed E-state index contributed by atoms with van der Waals surface area (Å²) in [5.74, 6) is -0.687. The van der Waals surface area contributed by atoms with E-state index in [-0.39, 0.29) is 30.8 Å². The van der Waals surface area contributed by atoms with Crippen molar-refractivity contribution in [2.24, 2.45) is 0 Å². The smallest absolute Gasteiger partial charge is 0.442 e. The molecule has 1 amide bonds. The number of alkyl halides is 3. The minimum absolute atomic E-state index is 0.0860. The Balaban J connectivity index is 1.47.